The number of ether oxygens (including phenoxy) is 6. The molecular weight excluding hydrogens is 396 g/mol. The van der Waals surface area contributed by atoms with E-state index in [0.717, 1.165) is 0 Å². The predicted octanol–water partition coefficient (Wildman–Crippen LogP) is 5.13. The van der Waals surface area contributed by atoms with Crippen LogP contribution in [-0.2, 0) is 28.4 Å². The molecular formula is C21H36O9. The highest BCUT2D eigenvalue weighted by Gasteiger charge is 2.39. The van der Waals surface area contributed by atoms with E-state index in [1.165, 1.54) is 0 Å². The van der Waals surface area contributed by atoms with Gasteiger partial charge < -0.3 is 28.4 Å². The fraction of sp³-hybridized carbons (Fsp3) is 0.857. The second-order valence-corrected chi connectivity index (χ2v) is 10.3. The summed E-state index contributed by atoms with van der Waals surface area (Å²) >= 11 is 0. The van der Waals surface area contributed by atoms with Crippen LogP contribution in [0.15, 0.2) is 0 Å². The van der Waals surface area contributed by atoms with Crippen LogP contribution in [0.5, 0.6) is 0 Å². The zero-order chi connectivity index (χ0) is 23.3. The van der Waals surface area contributed by atoms with Gasteiger partial charge in [-0.1, -0.05) is 0 Å². The molecule has 0 aliphatic heterocycles. The lowest BCUT2D eigenvalue weighted by atomic mass is 9.92. The number of hydrogen-bond acceptors (Lipinski definition) is 9. The third-order valence-corrected chi connectivity index (χ3v) is 3.61. The van der Waals surface area contributed by atoms with Crippen LogP contribution in [0.3, 0.4) is 0 Å². The molecule has 0 amide bonds. The Labute approximate surface area is 178 Å². The molecule has 3 unspecified atom stereocenters. The van der Waals surface area contributed by atoms with Crippen LogP contribution in [0.25, 0.3) is 0 Å². The number of hydrogen-bond donors (Lipinski definition) is 0. The van der Waals surface area contributed by atoms with Crippen LogP contribution in [0.1, 0.15) is 81.6 Å². The lowest BCUT2D eigenvalue weighted by Gasteiger charge is -2.35. The molecule has 1 saturated carbocycles. The van der Waals surface area contributed by atoms with Gasteiger partial charge in [-0.05, 0) is 75.2 Å². The first-order valence-corrected chi connectivity index (χ1v) is 10.1. The first-order chi connectivity index (χ1) is 13.4. The Hall–Kier alpha value is -2.19. The Morgan fingerprint density at radius 1 is 0.567 bits per heavy atom. The number of carbonyl (C=O) groups excluding carboxylic acids is 3. The molecule has 0 aromatic rings. The van der Waals surface area contributed by atoms with Gasteiger partial charge in [0.2, 0.25) is 0 Å². The quantitative estimate of drug-likeness (QED) is 0.443. The van der Waals surface area contributed by atoms with Gasteiger partial charge >= 0.3 is 18.5 Å². The van der Waals surface area contributed by atoms with E-state index in [9.17, 15) is 14.4 Å². The Bertz CT molecular complexity index is 607. The summed E-state index contributed by atoms with van der Waals surface area (Å²) in [6.45, 7) is 15.5. The monoisotopic (exact) mass is 432 g/mol. The van der Waals surface area contributed by atoms with Gasteiger partial charge in [-0.3, -0.25) is 0 Å². The normalized spacial score (nSPS) is 22.5. The maximum absolute atomic E-state index is 12.2. The smallest absolute Gasteiger partial charge is 0.431 e. The summed E-state index contributed by atoms with van der Waals surface area (Å²) in [5.74, 6) is 0. The molecule has 0 heterocycles. The molecule has 1 fully saturated rings. The maximum atomic E-state index is 12.2. The first-order valence-electron chi connectivity index (χ1n) is 10.1. The highest BCUT2D eigenvalue weighted by atomic mass is 16.8. The van der Waals surface area contributed by atoms with Crippen molar-refractivity contribution in [1.29, 1.82) is 0 Å². The van der Waals surface area contributed by atoms with Gasteiger partial charge in [0.05, 0.1) is 0 Å². The molecule has 0 aromatic carbocycles. The van der Waals surface area contributed by atoms with Gasteiger partial charge in [-0.15, -0.1) is 0 Å². The van der Waals surface area contributed by atoms with Crippen LogP contribution in [-0.4, -0.2) is 53.6 Å². The largest absolute Gasteiger partial charge is 0.509 e. The van der Waals surface area contributed by atoms with Gasteiger partial charge in [0.1, 0.15) is 35.1 Å². The van der Waals surface area contributed by atoms with Crippen molar-refractivity contribution in [2.75, 3.05) is 0 Å². The summed E-state index contributed by atoms with van der Waals surface area (Å²) in [4.78, 5) is 36.2. The summed E-state index contributed by atoms with van der Waals surface area (Å²) in [5.41, 5.74) is -2.17. The zero-order valence-corrected chi connectivity index (χ0v) is 19.5. The standard InChI is InChI=1S/C21H36O9/c1-19(2,3)28-16(22)25-13-10-11-14(26-17(23)29-20(4,5)6)15(12-13)27-18(24)30-21(7,8)9/h13-15H,10-12H2,1-9H3. The van der Waals surface area contributed by atoms with Crippen molar-refractivity contribution in [3.63, 3.8) is 0 Å². The van der Waals surface area contributed by atoms with Crippen LogP contribution >= 0.6 is 0 Å². The molecule has 3 atom stereocenters. The number of carbonyl (C=O) groups is 3. The third-order valence-electron chi connectivity index (χ3n) is 3.61. The fourth-order valence-corrected chi connectivity index (χ4v) is 2.64. The van der Waals surface area contributed by atoms with Gasteiger partial charge in [0.15, 0.2) is 0 Å². The molecule has 9 nitrogen and oxygen atoms in total. The molecule has 0 aromatic heterocycles. The minimum atomic E-state index is -0.900. The van der Waals surface area contributed by atoms with E-state index >= 15 is 0 Å². The van der Waals surface area contributed by atoms with E-state index in [2.05, 4.69) is 0 Å². The van der Waals surface area contributed by atoms with Crippen molar-refractivity contribution < 1.29 is 42.8 Å². The summed E-state index contributed by atoms with van der Waals surface area (Å²) < 4.78 is 31.7. The second kappa shape index (κ2) is 9.75. The Morgan fingerprint density at radius 3 is 1.33 bits per heavy atom. The van der Waals surface area contributed by atoms with Crippen molar-refractivity contribution in [3.8, 4) is 0 Å². The summed E-state index contributed by atoms with van der Waals surface area (Å²) in [6.07, 6.45) is -3.92. The molecule has 1 aliphatic carbocycles. The van der Waals surface area contributed by atoms with Gasteiger partial charge in [0, 0.05) is 6.42 Å². The van der Waals surface area contributed by atoms with E-state index in [4.69, 9.17) is 28.4 Å². The third kappa shape index (κ3) is 11.1. The number of rotatable bonds is 3. The highest BCUT2D eigenvalue weighted by Crippen LogP contribution is 2.29. The molecule has 1 aliphatic rings. The zero-order valence-electron chi connectivity index (χ0n) is 19.5. The highest BCUT2D eigenvalue weighted by molar-refractivity contribution is 5.62. The Kier molecular flexibility index (Phi) is 8.40. The predicted molar refractivity (Wildman–Crippen MR) is 107 cm³/mol. The average Bonchev–Trinajstić information content (AvgIpc) is 2.43. The maximum Gasteiger partial charge on any atom is 0.509 e. The van der Waals surface area contributed by atoms with Crippen molar-refractivity contribution in [2.24, 2.45) is 0 Å². The van der Waals surface area contributed by atoms with Crippen LogP contribution in [0.2, 0.25) is 0 Å². The molecule has 0 saturated heterocycles. The molecule has 0 N–H and O–H groups in total. The summed E-state index contributed by atoms with van der Waals surface area (Å²) in [5, 5.41) is 0. The molecule has 1 rings (SSSR count). The SMILES string of the molecule is CC(C)(C)OC(=O)OC1CCC(OC(=O)OC(C)(C)C)C(OC(=O)OC(C)(C)C)C1. The Morgan fingerprint density at radius 2 is 0.933 bits per heavy atom. The summed E-state index contributed by atoms with van der Waals surface area (Å²) in [6, 6.07) is 0. The molecule has 9 heteroatoms. The van der Waals surface area contributed by atoms with Crippen molar-refractivity contribution in [3.05, 3.63) is 0 Å². The Balaban J connectivity index is 2.81. The van der Waals surface area contributed by atoms with Crippen molar-refractivity contribution >= 4 is 18.5 Å². The summed E-state index contributed by atoms with van der Waals surface area (Å²) in [7, 11) is 0. The topological polar surface area (TPSA) is 107 Å². The van der Waals surface area contributed by atoms with E-state index < -0.39 is 53.6 Å². The van der Waals surface area contributed by atoms with Crippen molar-refractivity contribution in [1.82, 2.24) is 0 Å². The minimum Gasteiger partial charge on any atom is -0.431 e. The average molecular weight is 433 g/mol. The lowest BCUT2D eigenvalue weighted by molar-refractivity contribution is -0.117. The molecule has 0 spiro atoms. The minimum absolute atomic E-state index is 0.131. The van der Waals surface area contributed by atoms with Crippen LogP contribution in [0, 0.1) is 0 Å². The van der Waals surface area contributed by atoms with Gasteiger partial charge in [-0.2, -0.15) is 0 Å². The van der Waals surface area contributed by atoms with Crippen molar-refractivity contribution in [2.45, 2.75) is 117 Å². The molecule has 0 bridgehead atoms. The first kappa shape index (κ1) is 25.8. The fourth-order valence-electron chi connectivity index (χ4n) is 2.64. The molecule has 174 valence electrons. The van der Waals surface area contributed by atoms with Crippen LogP contribution < -0.4 is 0 Å². The van der Waals surface area contributed by atoms with Gasteiger partial charge in [-0.25, -0.2) is 14.4 Å². The van der Waals surface area contributed by atoms with E-state index in [1.54, 1.807) is 62.3 Å². The van der Waals surface area contributed by atoms with Gasteiger partial charge in [0.25, 0.3) is 0 Å². The van der Waals surface area contributed by atoms with E-state index in [-0.39, 0.29) is 6.42 Å². The van der Waals surface area contributed by atoms with Crippen LogP contribution in [0.4, 0.5) is 14.4 Å². The van der Waals surface area contributed by atoms with E-state index in [1.807, 2.05) is 0 Å². The van der Waals surface area contributed by atoms with E-state index in [0.29, 0.717) is 12.8 Å². The molecule has 30 heavy (non-hydrogen) atoms. The second-order valence-electron chi connectivity index (χ2n) is 10.3. The lowest BCUT2D eigenvalue weighted by Crippen LogP contribution is -2.44. The molecule has 0 radical (unpaired) electrons.